The average molecular weight is 278 g/mol. The SMILES string of the molecule is CC1(O)CCCN(C(=O)c2cccc(C(=O)O)n2)CC1. The molecule has 1 aromatic heterocycles. The largest absolute Gasteiger partial charge is 0.477 e. The Kier molecular flexibility index (Phi) is 4.04. The van der Waals surface area contributed by atoms with E-state index in [2.05, 4.69) is 4.98 Å². The molecule has 1 aromatic rings. The van der Waals surface area contributed by atoms with E-state index < -0.39 is 11.6 Å². The number of aromatic nitrogens is 1. The molecular weight excluding hydrogens is 260 g/mol. The van der Waals surface area contributed by atoms with Crippen molar-refractivity contribution in [3.05, 3.63) is 29.6 Å². The Balaban J connectivity index is 2.15. The van der Waals surface area contributed by atoms with E-state index in [0.717, 1.165) is 6.42 Å². The van der Waals surface area contributed by atoms with Gasteiger partial charge in [-0.2, -0.15) is 0 Å². The van der Waals surface area contributed by atoms with Gasteiger partial charge in [-0.15, -0.1) is 0 Å². The van der Waals surface area contributed by atoms with E-state index in [-0.39, 0.29) is 17.3 Å². The van der Waals surface area contributed by atoms with Crippen molar-refractivity contribution in [2.75, 3.05) is 13.1 Å². The molecule has 6 heteroatoms. The highest BCUT2D eigenvalue weighted by Crippen LogP contribution is 2.22. The van der Waals surface area contributed by atoms with Crippen LogP contribution in [-0.2, 0) is 0 Å². The number of carbonyl (C=O) groups is 2. The van der Waals surface area contributed by atoms with Crippen molar-refractivity contribution in [1.82, 2.24) is 9.88 Å². The third-order valence-corrected chi connectivity index (χ3v) is 3.54. The molecule has 108 valence electrons. The van der Waals surface area contributed by atoms with Crippen molar-refractivity contribution >= 4 is 11.9 Å². The van der Waals surface area contributed by atoms with E-state index in [9.17, 15) is 14.7 Å². The normalized spacial score (nSPS) is 23.2. The Morgan fingerprint density at radius 2 is 1.95 bits per heavy atom. The maximum absolute atomic E-state index is 12.3. The maximum Gasteiger partial charge on any atom is 0.354 e. The van der Waals surface area contributed by atoms with Crippen LogP contribution in [0.1, 0.15) is 47.2 Å². The van der Waals surface area contributed by atoms with Gasteiger partial charge >= 0.3 is 5.97 Å². The summed E-state index contributed by atoms with van der Waals surface area (Å²) in [7, 11) is 0. The molecule has 0 bridgehead atoms. The molecule has 1 aliphatic heterocycles. The van der Waals surface area contributed by atoms with Crippen LogP contribution in [0.3, 0.4) is 0 Å². The van der Waals surface area contributed by atoms with Gasteiger partial charge in [0.1, 0.15) is 11.4 Å². The van der Waals surface area contributed by atoms with Crippen LogP contribution in [0.5, 0.6) is 0 Å². The lowest BCUT2D eigenvalue weighted by atomic mass is 9.98. The molecule has 1 amide bonds. The van der Waals surface area contributed by atoms with Crippen LogP contribution in [0, 0.1) is 0 Å². The molecule has 2 N–H and O–H groups in total. The van der Waals surface area contributed by atoms with E-state index in [0.29, 0.717) is 25.9 Å². The Labute approximate surface area is 117 Å². The minimum absolute atomic E-state index is 0.131. The predicted octanol–water partition coefficient (Wildman–Crippen LogP) is 1.16. The minimum Gasteiger partial charge on any atom is -0.477 e. The van der Waals surface area contributed by atoms with Crippen LogP contribution < -0.4 is 0 Å². The van der Waals surface area contributed by atoms with Crippen LogP contribution in [0.4, 0.5) is 0 Å². The van der Waals surface area contributed by atoms with Gasteiger partial charge in [-0.25, -0.2) is 9.78 Å². The van der Waals surface area contributed by atoms with Gasteiger partial charge in [-0.3, -0.25) is 4.79 Å². The van der Waals surface area contributed by atoms with Gasteiger partial charge in [0.15, 0.2) is 0 Å². The quantitative estimate of drug-likeness (QED) is 0.847. The number of carboxylic acid groups (broad SMARTS) is 1. The van der Waals surface area contributed by atoms with Gasteiger partial charge in [-0.05, 0) is 38.3 Å². The van der Waals surface area contributed by atoms with Crippen LogP contribution in [0.2, 0.25) is 0 Å². The van der Waals surface area contributed by atoms with Crippen molar-refractivity contribution in [3.8, 4) is 0 Å². The molecule has 0 aromatic carbocycles. The van der Waals surface area contributed by atoms with Gasteiger partial charge in [0.05, 0.1) is 5.60 Å². The van der Waals surface area contributed by atoms with Gasteiger partial charge in [0.25, 0.3) is 5.91 Å². The van der Waals surface area contributed by atoms with E-state index in [1.165, 1.54) is 18.2 Å². The maximum atomic E-state index is 12.3. The van der Waals surface area contributed by atoms with E-state index in [1.54, 1.807) is 11.8 Å². The molecule has 0 radical (unpaired) electrons. The Morgan fingerprint density at radius 1 is 1.25 bits per heavy atom. The fourth-order valence-electron chi connectivity index (χ4n) is 2.30. The molecule has 0 spiro atoms. The second kappa shape index (κ2) is 5.58. The minimum atomic E-state index is -1.15. The Hall–Kier alpha value is -1.95. The Bertz CT molecular complexity index is 528. The number of carboxylic acids is 1. The summed E-state index contributed by atoms with van der Waals surface area (Å²) in [6.07, 6.45) is 1.88. The Morgan fingerprint density at radius 3 is 2.65 bits per heavy atom. The van der Waals surface area contributed by atoms with Crippen molar-refractivity contribution in [1.29, 1.82) is 0 Å². The molecule has 0 aliphatic carbocycles. The number of amides is 1. The predicted molar refractivity (Wildman–Crippen MR) is 71.6 cm³/mol. The molecular formula is C14H18N2O4. The number of aromatic carboxylic acids is 1. The number of carbonyl (C=O) groups excluding carboxylic acids is 1. The second-order valence-corrected chi connectivity index (χ2v) is 5.36. The molecule has 2 rings (SSSR count). The first kappa shape index (κ1) is 14.5. The van der Waals surface area contributed by atoms with Crippen LogP contribution in [-0.4, -0.2) is 50.7 Å². The summed E-state index contributed by atoms with van der Waals surface area (Å²) in [5, 5.41) is 18.9. The van der Waals surface area contributed by atoms with Crippen LogP contribution >= 0.6 is 0 Å². The number of aliphatic hydroxyl groups is 1. The lowest BCUT2D eigenvalue weighted by molar-refractivity contribution is 0.0437. The second-order valence-electron chi connectivity index (χ2n) is 5.36. The van der Waals surface area contributed by atoms with Crippen LogP contribution in [0.25, 0.3) is 0 Å². The van der Waals surface area contributed by atoms with Crippen molar-refractivity contribution in [2.45, 2.75) is 31.8 Å². The summed E-state index contributed by atoms with van der Waals surface area (Å²) in [5.74, 6) is -1.44. The molecule has 0 saturated carbocycles. The number of hydrogen-bond donors (Lipinski definition) is 2. The molecule has 1 aliphatic rings. The molecule has 1 atom stereocenters. The van der Waals surface area contributed by atoms with E-state index >= 15 is 0 Å². The van der Waals surface area contributed by atoms with Crippen molar-refractivity contribution in [2.24, 2.45) is 0 Å². The van der Waals surface area contributed by atoms with Crippen LogP contribution in [0.15, 0.2) is 18.2 Å². The molecule has 6 nitrogen and oxygen atoms in total. The number of rotatable bonds is 2. The fourth-order valence-corrected chi connectivity index (χ4v) is 2.30. The summed E-state index contributed by atoms with van der Waals surface area (Å²) in [6.45, 7) is 2.77. The zero-order valence-electron chi connectivity index (χ0n) is 11.4. The van der Waals surface area contributed by atoms with Gasteiger partial charge in [0, 0.05) is 13.1 Å². The number of likely N-dealkylation sites (tertiary alicyclic amines) is 1. The summed E-state index contributed by atoms with van der Waals surface area (Å²) in [6, 6.07) is 4.38. The summed E-state index contributed by atoms with van der Waals surface area (Å²) in [4.78, 5) is 28.7. The number of nitrogens with zero attached hydrogens (tertiary/aromatic N) is 2. The van der Waals surface area contributed by atoms with Gasteiger partial charge < -0.3 is 15.1 Å². The average Bonchev–Trinajstić information content (AvgIpc) is 2.59. The zero-order chi connectivity index (χ0) is 14.8. The van der Waals surface area contributed by atoms with E-state index in [4.69, 9.17) is 5.11 Å². The summed E-state index contributed by atoms with van der Waals surface area (Å²) >= 11 is 0. The third-order valence-electron chi connectivity index (χ3n) is 3.54. The molecule has 2 heterocycles. The molecule has 1 saturated heterocycles. The van der Waals surface area contributed by atoms with E-state index in [1.807, 2.05) is 0 Å². The lowest BCUT2D eigenvalue weighted by Crippen LogP contribution is -2.34. The first-order valence-electron chi connectivity index (χ1n) is 6.61. The van der Waals surface area contributed by atoms with Crippen molar-refractivity contribution < 1.29 is 19.8 Å². The first-order chi connectivity index (χ1) is 9.39. The third kappa shape index (κ3) is 3.33. The van der Waals surface area contributed by atoms with Gasteiger partial charge in [0.2, 0.25) is 0 Å². The monoisotopic (exact) mass is 278 g/mol. The summed E-state index contributed by atoms with van der Waals surface area (Å²) < 4.78 is 0. The molecule has 1 unspecified atom stereocenters. The molecule has 20 heavy (non-hydrogen) atoms. The number of pyridine rings is 1. The smallest absolute Gasteiger partial charge is 0.354 e. The summed E-state index contributed by atoms with van der Waals surface area (Å²) in [5.41, 5.74) is -0.755. The first-order valence-corrected chi connectivity index (χ1v) is 6.61. The lowest BCUT2D eigenvalue weighted by Gasteiger charge is -2.22. The highest BCUT2D eigenvalue weighted by Gasteiger charge is 2.28. The standard InChI is InChI=1S/C14H18N2O4/c1-14(20)6-3-8-16(9-7-14)12(17)10-4-2-5-11(15-10)13(18)19/h2,4-5,20H,3,6-9H2,1H3,(H,18,19). The fraction of sp³-hybridized carbons (Fsp3) is 0.500. The van der Waals surface area contributed by atoms with Crippen molar-refractivity contribution in [3.63, 3.8) is 0 Å². The number of hydrogen-bond acceptors (Lipinski definition) is 4. The highest BCUT2D eigenvalue weighted by molar-refractivity contribution is 5.94. The zero-order valence-corrected chi connectivity index (χ0v) is 11.4. The highest BCUT2D eigenvalue weighted by atomic mass is 16.4. The molecule has 1 fully saturated rings. The van der Waals surface area contributed by atoms with Gasteiger partial charge in [-0.1, -0.05) is 6.07 Å². The topological polar surface area (TPSA) is 90.7 Å².